The second kappa shape index (κ2) is 7.63. The Bertz CT molecular complexity index is 662. The summed E-state index contributed by atoms with van der Waals surface area (Å²) in [7, 11) is 0. The molecule has 0 radical (unpaired) electrons. The quantitative estimate of drug-likeness (QED) is 0.851. The van der Waals surface area contributed by atoms with E-state index < -0.39 is 0 Å². The molecule has 0 aliphatic heterocycles. The van der Waals surface area contributed by atoms with Gasteiger partial charge >= 0.3 is 0 Å². The van der Waals surface area contributed by atoms with Crippen molar-refractivity contribution in [3.05, 3.63) is 51.7 Å². The van der Waals surface area contributed by atoms with Crippen LogP contribution in [0.15, 0.2) is 35.7 Å². The summed E-state index contributed by atoms with van der Waals surface area (Å²) in [6, 6.07) is 9.63. The Morgan fingerprint density at radius 3 is 2.76 bits per heavy atom. The number of hydrogen-bond acceptors (Lipinski definition) is 3. The highest BCUT2D eigenvalue weighted by atomic mass is 32.1. The molecule has 4 heteroatoms. The second-order valence-corrected chi connectivity index (χ2v) is 5.47. The van der Waals surface area contributed by atoms with Gasteiger partial charge in [-0.25, -0.2) is 0 Å². The molecule has 2 rings (SSSR count). The first-order chi connectivity index (χ1) is 10.2. The highest BCUT2D eigenvalue weighted by Gasteiger charge is 2.08. The topological polar surface area (TPSA) is 49.3 Å². The lowest BCUT2D eigenvalue weighted by Crippen LogP contribution is -2.10. The zero-order valence-electron chi connectivity index (χ0n) is 11.8. The second-order valence-electron chi connectivity index (χ2n) is 4.56. The molecule has 0 atom stereocenters. The molecule has 1 aromatic carbocycles. The van der Waals surface area contributed by atoms with Crippen molar-refractivity contribution < 1.29 is 9.90 Å². The molecular weight excluding hydrogens is 282 g/mol. The molecule has 1 aromatic heterocycles. The van der Waals surface area contributed by atoms with Crippen molar-refractivity contribution in [2.24, 2.45) is 0 Å². The van der Waals surface area contributed by atoms with Gasteiger partial charge in [-0.15, -0.1) is 11.3 Å². The zero-order chi connectivity index (χ0) is 15.1. The molecule has 0 aliphatic carbocycles. The van der Waals surface area contributed by atoms with Crippen molar-refractivity contribution in [3.8, 4) is 11.8 Å². The number of carbonyl (C=O) groups is 1. The predicted octanol–water partition coefficient (Wildman–Crippen LogP) is 3.30. The van der Waals surface area contributed by atoms with Crippen molar-refractivity contribution in [2.45, 2.75) is 19.8 Å². The summed E-state index contributed by atoms with van der Waals surface area (Å²) in [6.07, 6.45) is 2.16. The molecule has 0 fully saturated rings. The number of aryl methyl sites for hydroxylation is 1. The van der Waals surface area contributed by atoms with Crippen LogP contribution in [0.4, 0.5) is 5.69 Å². The number of rotatable bonds is 4. The SMILES string of the molecule is CCCc1ccc(NC(=O)c2csc(C#CCO)c2)cc1. The summed E-state index contributed by atoms with van der Waals surface area (Å²) < 4.78 is 0. The zero-order valence-corrected chi connectivity index (χ0v) is 12.7. The maximum Gasteiger partial charge on any atom is 0.256 e. The van der Waals surface area contributed by atoms with Crippen molar-refractivity contribution >= 4 is 22.9 Å². The highest BCUT2D eigenvalue weighted by molar-refractivity contribution is 7.10. The molecule has 2 N–H and O–H groups in total. The molecule has 0 unspecified atom stereocenters. The lowest BCUT2D eigenvalue weighted by molar-refractivity contribution is 0.102. The molecule has 0 spiro atoms. The van der Waals surface area contributed by atoms with Gasteiger partial charge in [0.25, 0.3) is 5.91 Å². The summed E-state index contributed by atoms with van der Waals surface area (Å²) in [4.78, 5) is 12.9. The maximum absolute atomic E-state index is 12.1. The van der Waals surface area contributed by atoms with Gasteiger partial charge in [0.15, 0.2) is 0 Å². The fourth-order valence-electron chi connectivity index (χ4n) is 1.89. The molecule has 0 bridgehead atoms. The first-order valence-electron chi connectivity index (χ1n) is 6.81. The van der Waals surface area contributed by atoms with E-state index in [0.717, 1.165) is 23.4 Å². The summed E-state index contributed by atoms with van der Waals surface area (Å²) in [5.74, 6) is 5.22. The molecule has 2 aromatic rings. The van der Waals surface area contributed by atoms with Crippen LogP contribution >= 0.6 is 11.3 Å². The summed E-state index contributed by atoms with van der Waals surface area (Å²) in [5.41, 5.74) is 2.64. The molecule has 3 nitrogen and oxygen atoms in total. The molecule has 108 valence electrons. The molecule has 0 aliphatic rings. The number of benzene rings is 1. The van der Waals surface area contributed by atoms with Crippen LogP contribution in [0.3, 0.4) is 0 Å². The minimum atomic E-state index is -0.177. The Hall–Kier alpha value is -2.09. The third kappa shape index (κ3) is 4.45. The number of aliphatic hydroxyl groups is 1. The third-order valence-corrected chi connectivity index (χ3v) is 3.75. The van der Waals surface area contributed by atoms with E-state index in [2.05, 4.69) is 24.1 Å². The van der Waals surface area contributed by atoms with Crippen molar-refractivity contribution in [1.82, 2.24) is 0 Å². The number of anilines is 1. The van der Waals surface area contributed by atoms with Crippen molar-refractivity contribution in [2.75, 3.05) is 11.9 Å². The standard InChI is InChI=1S/C17H17NO2S/c1-2-4-13-6-8-15(9-7-13)18-17(20)14-11-16(21-12-14)5-3-10-19/h6-9,11-12,19H,2,4,10H2,1H3,(H,18,20). The minimum absolute atomic E-state index is 0.147. The Morgan fingerprint density at radius 1 is 1.33 bits per heavy atom. The van der Waals surface area contributed by atoms with E-state index in [1.165, 1.54) is 16.9 Å². The molecule has 1 amide bonds. The van der Waals surface area contributed by atoms with Gasteiger partial charge in [-0.3, -0.25) is 4.79 Å². The number of nitrogens with one attached hydrogen (secondary N) is 1. The first-order valence-corrected chi connectivity index (χ1v) is 7.69. The number of carbonyl (C=O) groups excluding carboxylic acids is 1. The fraction of sp³-hybridized carbons (Fsp3) is 0.235. The minimum Gasteiger partial charge on any atom is -0.384 e. The Kier molecular flexibility index (Phi) is 5.56. The normalized spacial score (nSPS) is 9.81. The summed E-state index contributed by atoms with van der Waals surface area (Å²) in [5, 5.41) is 13.3. The van der Waals surface area contributed by atoms with Gasteiger partial charge in [0.1, 0.15) is 6.61 Å². The van der Waals surface area contributed by atoms with Crippen LogP contribution < -0.4 is 5.32 Å². The Labute approximate surface area is 128 Å². The van der Waals surface area contributed by atoms with E-state index in [-0.39, 0.29) is 12.5 Å². The van der Waals surface area contributed by atoms with Gasteiger partial charge in [-0.1, -0.05) is 37.3 Å². The molecule has 21 heavy (non-hydrogen) atoms. The van der Waals surface area contributed by atoms with E-state index in [0.29, 0.717) is 5.56 Å². The van der Waals surface area contributed by atoms with Gasteiger partial charge in [0, 0.05) is 11.1 Å². The van der Waals surface area contributed by atoms with E-state index in [1.54, 1.807) is 11.4 Å². The first kappa shape index (κ1) is 15.3. The van der Waals surface area contributed by atoms with Crippen LogP contribution in [0.2, 0.25) is 0 Å². The summed E-state index contributed by atoms with van der Waals surface area (Å²) >= 11 is 1.39. The van der Waals surface area contributed by atoms with Crippen LogP contribution in [-0.4, -0.2) is 17.6 Å². The van der Waals surface area contributed by atoms with E-state index >= 15 is 0 Å². The lowest BCUT2D eigenvalue weighted by atomic mass is 10.1. The van der Waals surface area contributed by atoms with Crippen LogP contribution in [-0.2, 0) is 6.42 Å². The van der Waals surface area contributed by atoms with Crippen molar-refractivity contribution in [1.29, 1.82) is 0 Å². The van der Waals surface area contributed by atoms with E-state index in [9.17, 15) is 4.79 Å². The number of amides is 1. The average Bonchev–Trinajstić information content (AvgIpc) is 2.96. The number of hydrogen-bond donors (Lipinski definition) is 2. The molecule has 0 saturated heterocycles. The largest absolute Gasteiger partial charge is 0.384 e. The fourth-order valence-corrected chi connectivity index (χ4v) is 2.65. The molecule has 0 saturated carbocycles. The van der Waals surface area contributed by atoms with Crippen LogP contribution in [0.5, 0.6) is 0 Å². The number of aliphatic hydroxyl groups excluding tert-OH is 1. The maximum atomic E-state index is 12.1. The van der Waals surface area contributed by atoms with E-state index in [1.807, 2.05) is 24.3 Å². The Morgan fingerprint density at radius 2 is 2.10 bits per heavy atom. The Balaban J connectivity index is 2.02. The van der Waals surface area contributed by atoms with Crippen molar-refractivity contribution in [3.63, 3.8) is 0 Å². The number of thiophene rings is 1. The van der Waals surface area contributed by atoms with Gasteiger partial charge in [-0.05, 0) is 30.2 Å². The third-order valence-electron chi connectivity index (χ3n) is 2.90. The van der Waals surface area contributed by atoms with Crippen LogP contribution in [0, 0.1) is 11.8 Å². The lowest BCUT2D eigenvalue weighted by Gasteiger charge is -2.05. The van der Waals surface area contributed by atoms with Gasteiger partial charge < -0.3 is 10.4 Å². The van der Waals surface area contributed by atoms with Crippen LogP contribution in [0.1, 0.15) is 34.1 Å². The van der Waals surface area contributed by atoms with Gasteiger partial charge in [0.05, 0.1) is 10.4 Å². The van der Waals surface area contributed by atoms with Crippen LogP contribution in [0.25, 0.3) is 0 Å². The molecule has 1 heterocycles. The monoisotopic (exact) mass is 299 g/mol. The van der Waals surface area contributed by atoms with E-state index in [4.69, 9.17) is 5.11 Å². The van der Waals surface area contributed by atoms with Gasteiger partial charge in [-0.2, -0.15) is 0 Å². The molecular formula is C17H17NO2S. The highest BCUT2D eigenvalue weighted by Crippen LogP contribution is 2.16. The predicted molar refractivity (Wildman–Crippen MR) is 86.7 cm³/mol. The average molecular weight is 299 g/mol. The van der Waals surface area contributed by atoms with Gasteiger partial charge in [0.2, 0.25) is 0 Å². The smallest absolute Gasteiger partial charge is 0.256 e. The summed E-state index contributed by atoms with van der Waals surface area (Å²) in [6.45, 7) is 1.97.